The van der Waals surface area contributed by atoms with Crippen molar-refractivity contribution in [3.05, 3.63) is 77.4 Å². The van der Waals surface area contributed by atoms with Gasteiger partial charge >= 0.3 is 0 Å². The number of hydrogen-bond acceptors (Lipinski definition) is 8. The van der Waals surface area contributed by atoms with Crippen LogP contribution in [0.3, 0.4) is 0 Å². The van der Waals surface area contributed by atoms with Gasteiger partial charge in [-0.05, 0) is 48.5 Å². The largest absolute Gasteiger partial charge is 0.497 e. The topological polar surface area (TPSA) is 103 Å². The quantitative estimate of drug-likeness (QED) is 0.350. The highest BCUT2D eigenvalue weighted by atomic mass is 16.5. The summed E-state index contributed by atoms with van der Waals surface area (Å²) in [6.45, 7) is 0. The van der Waals surface area contributed by atoms with E-state index in [1.54, 1.807) is 83.2 Å². The van der Waals surface area contributed by atoms with Gasteiger partial charge in [-0.1, -0.05) is 0 Å². The van der Waals surface area contributed by atoms with E-state index in [2.05, 4.69) is 21.1 Å². The smallest absolute Gasteiger partial charge is 0.271 e. The number of hydrogen-bond donors (Lipinski definition) is 2. The summed E-state index contributed by atoms with van der Waals surface area (Å²) in [5, 5.41) is 8.23. The predicted octanol–water partition coefficient (Wildman–Crippen LogP) is 3.93. The first-order valence-electron chi connectivity index (χ1n) is 10.2. The van der Waals surface area contributed by atoms with Gasteiger partial charge in [-0.15, -0.1) is 0 Å². The van der Waals surface area contributed by atoms with Crippen molar-refractivity contribution in [1.29, 1.82) is 0 Å². The Bertz CT molecular complexity index is 1130. The van der Waals surface area contributed by atoms with Crippen LogP contribution in [-0.2, 0) is 0 Å². The van der Waals surface area contributed by atoms with Gasteiger partial charge < -0.3 is 18.9 Å². The van der Waals surface area contributed by atoms with Crippen LogP contribution in [-0.4, -0.2) is 46.8 Å². The molecule has 0 unspecified atom stereocenters. The highest BCUT2D eigenvalue weighted by Crippen LogP contribution is 2.22. The van der Waals surface area contributed by atoms with Crippen LogP contribution in [0.5, 0.6) is 23.0 Å². The van der Waals surface area contributed by atoms with E-state index in [1.165, 1.54) is 6.21 Å². The Morgan fingerprint density at radius 2 is 1.12 bits per heavy atom. The summed E-state index contributed by atoms with van der Waals surface area (Å²) >= 11 is 0. The van der Waals surface area contributed by atoms with Crippen LogP contribution < -0.4 is 29.8 Å². The summed E-state index contributed by atoms with van der Waals surface area (Å²) in [6.07, 6.45) is 3.16. The molecule has 0 saturated carbocycles. The Labute approximate surface area is 198 Å². The molecule has 3 aromatic rings. The van der Waals surface area contributed by atoms with Gasteiger partial charge in [0.2, 0.25) is 0 Å². The Balaban J connectivity index is 1.57. The van der Waals surface area contributed by atoms with E-state index in [4.69, 9.17) is 18.9 Å². The maximum atomic E-state index is 12.4. The molecule has 9 nitrogen and oxygen atoms in total. The first-order valence-corrected chi connectivity index (χ1v) is 10.2. The van der Waals surface area contributed by atoms with Crippen LogP contribution in [0.2, 0.25) is 0 Å². The molecule has 0 atom stereocenters. The maximum Gasteiger partial charge on any atom is 0.271 e. The molecule has 0 spiro atoms. The van der Waals surface area contributed by atoms with Gasteiger partial charge in [0.1, 0.15) is 23.0 Å². The minimum absolute atomic E-state index is 0.343. The summed E-state index contributed by atoms with van der Waals surface area (Å²) in [6, 6.07) is 17.6. The minimum atomic E-state index is -0.343. The normalized spacial score (nSPS) is 10.8. The fourth-order valence-corrected chi connectivity index (χ4v) is 2.92. The standard InChI is InChI=1S/C25H26N4O5/c1-31-21-9-17(10-22(13-21)32-2)15-26-28-20-7-5-19(6-8-20)25(30)29-27-16-18-11-23(33-3)14-24(12-18)34-4/h5-16,28H,1-4H3,(H,29,30)/b26-15+,27-16+. The number of hydrazone groups is 2. The number of ether oxygens (including phenoxy) is 4. The van der Waals surface area contributed by atoms with Crippen molar-refractivity contribution < 1.29 is 23.7 Å². The zero-order chi connectivity index (χ0) is 24.3. The number of methoxy groups -OCH3 is 4. The number of nitrogens with zero attached hydrogens (tertiary/aromatic N) is 2. The summed E-state index contributed by atoms with van der Waals surface area (Å²) < 4.78 is 20.9. The monoisotopic (exact) mass is 462 g/mol. The Morgan fingerprint density at radius 3 is 1.56 bits per heavy atom. The lowest BCUT2D eigenvalue weighted by Crippen LogP contribution is -2.17. The van der Waals surface area contributed by atoms with Crippen molar-refractivity contribution in [2.75, 3.05) is 33.9 Å². The third kappa shape index (κ3) is 6.73. The van der Waals surface area contributed by atoms with Gasteiger partial charge in [0.05, 0.1) is 46.6 Å². The molecule has 0 heterocycles. The molecule has 0 aromatic heterocycles. The van der Waals surface area contributed by atoms with Gasteiger partial charge in [-0.2, -0.15) is 10.2 Å². The Hall–Kier alpha value is -4.53. The third-order valence-electron chi connectivity index (χ3n) is 4.68. The summed E-state index contributed by atoms with van der Waals surface area (Å²) in [4.78, 5) is 12.4. The molecule has 0 aliphatic rings. The van der Waals surface area contributed by atoms with E-state index in [9.17, 15) is 4.79 Å². The minimum Gasteiger partial charge on any atom is -0.497 e. The van der Waals surface area contributed by atoms with Crippen LogP contribution in [0.4, 0.5) is 5.69 Å². The first kappa shape index (κ1) is 24.1. The van der Waals surface area contributed by atoms with Gasteiger partial charge in [-0.3, -0.25) is 10.2 Å². The molecule has 3 aromatic carbocycles. The third-order valence-corrected chi connectivity index (χ3v) is 4.68. The molecule has 176 valence electrons. The van der Waals surface area contributed by atoms with Gasteiger partial charge in [-0.25, -0.2) is 5.43 Å². The number of benzene rings is 3. The molecule has 0 bridgehead atoms. The van der Waals surface area contributed by atoms with Crippen LogP contribution in [0.25, 0.3) is 0 Å². The van der Waals surface area contributed by atoms with E-state index in [1.807, 2.05) is 12.1 Å². The molecule has 0 saturated heterocycles. The molecule has 2 N–H and O–H groups in total. The van der Waals surface area contributed by atoms with Crippen molar-refractivity contribution >= 4 is 24.0 Å². The molecular formula is C25H26N4O5. The fraction of sp³-hybridized carbons (Fsp3) is 0.160. The van der Waals surface area contributed by atoms with Gasteiger partial charge in [0, 0.05) is 28.8 Å². The molecule has 1 amide bonds. The zero-order valence-corrected chi connectivity index (χ0v) is 19.4. The van der Waals surface area contributed by atoms with E-state index in [0.29, 0.717) is 28.6 Å². The van der Waals surface area contributed by atoms with E-state index in [0.717, 1.165) is 16.8 Å². The van der Waals surface area contributed by atoms with Gasteiger partial charge in [0.25, 0.3) is 5.91 Å². The molecule has 0 aliphatic carbocycles. The van der Waals surface area contributed by atoms with Crippen molar-refractivity contribution in [2.45, 2.75) is 0 Å². The number of anilines is 1. The Kier molecular flexibility index (Phi) is 8.45. The number of nitrogens with one attached hydrogen (secondary N) is 2. The van der Waals surface area contributed by atoms with Crippen molar-refractivity contribution in [1.82, 2.24) is 5.43 Å². The molecule has 34 heavy (non-hydrogen) atoms. The first-order chi connectivity index (χ1) is 16.5. The van der Waals surface area contributed by atoms with Crippen LogP contribution in [0, 0.1) is 0 Å². The van der Waals surface area contributed by atoms with E-state index >= 15 is 0 Å². The van der Waals surface area contributed by atoms with E-state index in [-0.39, 0.29) is 5.91 Å². The SMILES string of the molecule is COc1cc(/C=N/NC(=O)c2ccc(N/N=C/c3cc(OC)cc(OC)c3)cc2)cc(OC)c1. The fourth-order valence-electron chi connectivity index (χ4n) is 2.92. The average Bonchev–Trinajstić information content (AvgIpc) is 2.88. The van der Waals surface area contributed by atoms with Crippen molar-refractivity contribution in [2.24, 2.45) is 10.2 Å². The van der Waals surface area contributed by atoms with Crippen LogP contribution in [0.1, 0.15) is 21.5 Å². The Morgan fingerprint density at radius 1 is 0.676 bits per heavy atom. The number of carbonyl (C=O) groups excluding carboxylic acids is 1. The lowest BCUT2D eigenvalue weighted by atomic mass is 10.2. The average molecular weight is 463 g/mol. The lowest BCUT2D eigenvalue weighted by molar-refractivity contribution is 0.0955. The molecular weight excluding hydrogens is 436 g/mol. The van der Waals surface area contributed by atoms with Gasteiger partial charge in [0.15, 0.2) is 0 Å². The maximum absolute atomic E-state index is 12.4. The number of amides is 1. The highest BCUT2D eigenvalue weighted by molar-refractivity contribution is 5.95. The zero-order valence-electron chi connectivity index (χ0n) is 19.4. The van der Waals surface area contributed by atoms with Crippen LogP contribution >= 0.6 is 0 Å². The lowest BCUT2D eigenvalue weighted by Gasteiger charge is -2.06. The molecule has 0 radical (unpaired) electrons. The molecule has 9 heteroatoms. The summed E-state index contributed by atoms with van der Waals surface area (Å²) in [5.41, 5.74) is 8.13. The second-order valence-electron chi connectivity index (χ2n) is 6.94. The van der Waals surface area contributed by atoms with E-state index < -0.39 is 0 Å². The molecule has 3 rings (SSSR count). The number of rotatable bonds is 10. The molecule has 0 aliphatic heterocycles. The second-order valence-corrected chi connectivity index (χ2v) is 6.94. The highest BCUT2D eigenvalue weighted by Gasteiger charge is 2.05. The van der Waals surface area contributed by atoms with Crippen molar-refractivity contribution in [3.8, 4) is 23.0 Å². The summed E-state index contributed by atoms with van der Waals surface area (Å²) in [5.74, 6) is 2.25. The molecule has 0 fully saturated rings. The second kappa shape index (κ2) is 11.9. The number of carbonyl (C=O) groups is 1. The summed E-state index contributed by atoms with van der Waals surface area (Å²) in [7, 11) is 6.31. The predicted molar refractivity (Wildman–Crippen MR) is 132 cm³/mol. The van der Waals surface area contributed by atoms with Crippen molar-refractivity contribution in [3.63, 3.8) is 0 Å². The van der Waals surface area contributed by atoms with Crippen LogP contribution in [0.15, 0.2) is 70.9 Å².